The van der Waals surface area contributed by atoms with E-state index >= 15 is 0 Å². The standard InChI is InChI=1S/C16H18F3N7O/c1-8-13(16(17,18)19)24-25(4)14(8)23-12(27)6-5-11-9(2)22-15-20-7-21-26(15)10(11)3/h7H,5-6H2,1-4H3,(H,23,27). The first-order valence-corrected chi connectivity index (χ1v) is 8.16. The topological polar surface area (TPSA) is 90.0 Å². The molecule has 0 radical (unpaired) electrons. The highest BCUT2D eigenvalue weighted by molar-refractivity contribution is 5.90. The van der Waals surface area contributed by atoms with Crippen molar-refractivity contribution in [3.63, 3.8) is 0 Å². The summed E-state index contributed by atoms with van der Waals surface area (Å²) in [5, 5.41) is 10.1. The van der Waals surface area contributed by atoms with Crippen molar-refractivity contribution >= 4 is 17.5 Å². The summed E-state index contributed by atoms with van der Waals surface area (Å²) in [7, 11) is 1.36. The highest BCUT2D eigenvalue weighted by atomic mass is 19.4. The smallest absolute Gasteiger partial charge is 0.311 e. The lowest BCUT2D eigenvalue weighted by molar-refractivity contribution is -0.141. The summed E-state index contributed by atoms with van der Waals surface area (Å²) >= 11 is 0. The van der Waals surface area contributed by atoms with Gasteiger partial charge < -0.3 is 5.32 Å². The van der Waals surface area contributed by atoms with E-state index in [-0.39, 0.29) is 17.8 Å². The fourth-order valence-electron chi connectivity index (χ4n) is 3.02. The van der Waals surface area contributed by atoms with E-state index in [9.17, 15) is 18.0 Å². The number of nitrogens with zero attached hydrogens (tertiary/aromatic N) is 6. The second-order valence-electron chi connectivity index (χ2n) is 6.22. The normalized spacial score (nSPS) is 12.0. The van der Waals surface area contributed by atoms with Crippen molar-refractivity contribution in [1.29, 1.82) is 0 Å². The van der Waals surface area contributed by atoms with Crippen molar-refractivity contribution in [3.05, 3.63) is 34.5 Å². The SMILES string of the molecule is Cc1nc2ncnn2c(C)c1CCC(=O)Nc1c(C)c(C(F)(F)F)nn1C. The molecular formula is C16H18F3N7O. The van der Waals surface area contributed by atoms with E-state index in [0.717, 1.165) is 21.6 Å². The molecule has 27 heavy (non-hydrogen) atoms. The monoisotopic (exact) mass is 381 g/mol. The number of aromatic nitrogens is 6. The van der Waals surface area contributed by atoms with Crippen molar-refractivity contribution in [2.45, 2.75) is 39.8 Å². The minimum absolute atomic E-state index is 0.0330. The highest BCUT2D eigenvalue weighted by Crippen LogP contribution is 2.33. The molecule has 0 aliphatic heterocycles. The minimum Gasteiger partial charge on any atom is -0.311 e. The lowest BCUT2D eigenvalue weighted by atomic mass is 10.1. The number of hydrogen-bond donors (Lipinski definition) is 1. The van der Waals surface area contributed by atoms with Crippen LogP contribution in [-0.2, 0) is 24.4 Å². The van der Waals surface area contributed by atoms with Gasteiger partial charge in [-0.3, -0.25) is 9.48 Å². The van der Waals surface area contributed by atoms with Crippen LogP contribution < -0.4 is 5.32 Å². The molecule has 3 heterocycles. The second-order valence-corrected chi connectivity index (χ2v) is 6.22. The fraction of sp³-hybridized carbons (Fsp3) is 0.438. The van der Waals surface area contributed by atoms with Crippen LogP contribution in [0.15, 0.2) is 6.33 Å². The molecule has 8 nitrogen and oxygen atoms in total. The Kier molecular flexibility index (Phi) is 4.62. The summed E-state index contributed by atoms with van der Waals surface area (Å²) < 4.78 is 41.4. The lowest BCUT2D eigenvalue weighted by Gasteiger charge is -2.11. The number of carbonyl (C=O) groups excluding carboxylic acids is 1. The van der Waals surface area contributed by atoms with Gasteiger partial charge in [-0.1, -0.05) is 0 Å². The Balaban J connectivity index is 1.76. The van der Waals surface area contributed by atoms with Crippen LogP contribution in [0.3, 0.4) is 0 Å². The third-order valence-electron chi connectivity index (χ3n) is 4.40. The van der Waals surface area contributed by atoms with E-state index in [1.165, 1.54) is 20.3 Å². The maximum Gasteiger partial charge on any atom is 0.435 e. The third-order valence-corrected chi connectivity index (χ3v) is 4.40. The molecule has 0 saturated carbocycles. The Hall–Kier alpha value is -2.98. The van der Waals surface area contributed by atoms with E-state index in [4.69, 9.17) is 0 Å². The molecule has 0 aromatic carbocycles. The fourth-order valence-corrected chi connectivity index (χ4v) is 3.02. The molecule has 1 N–H and O–H groups in total. The molecular weight excluding hydrogens is 363 g/mol. The van der Waals surface area contributed by atoms with E-state index in [1.54, 1.807) is 4.52 Å². The molecule has 144 valence electrons. The molecule has 0 aliphatic carbocycles. The molecule has 0 atom stereocenters. The molecule has 0 spiro atoms. The average Bonchev–Trinajstić information content (AvgIpc) is 3.14. The van der Waals surface area contributed by atoms with Crippen molar-refractivity contribution in [2.24, 2.45) is 7.05 Å². The Morgan fingerprint density at radius 1 is 1.26 bits per heavy atom. The van der Waals surface area contributed by atoms with Crippen LogP contribution in [0.4, 0.5) is 19.0 Å². The Bertz CT molecular complexity index is 1020. The average molecular weight is 381 g/mol. The summed E-state index contributed by atoms with van der Waals surface area (Å²) in [6, 6.07) is 0. The zero-order valence-electron chi connectivity index (χ0n) is 15.2. The molecule has 3 aromatic heterocycles. The molecule has 0 unspecified atom stereocenters. The van der Waals surface area contributed by atoms with Crippen LogP contribution in [0.2, 0.25) is 0 Å². The van der Waals surface area contributed by atoms with Gasteiger partial charge in [0.15, 0.2) is 5.69 Å². The predicted molar refractivity (Wildman–Crippen MR) is 90.2 cm³/mol. The van der Waals surface area contributed by atoms with Crippen LogP contribution >= 0.6 is 0 Å². The summed E-state index contributed by atoms with van der Waals surface area (Å²) in [6.07, 6.45) is -2.72. The van der Waals surface area contributed by atoms with E-state index in [0.29, 0.717) is 12.2 Å². The van der Waals surface area contributed by atoms with Crippen LogP contribution in [0, 0.1) is 20.8 Å². The zero-order chi connectivity index (χ0) is 19.9. The van der Waals surface area contributed by atoms with Crippen LogP contribution in [-0.4, -0.2) is 35.3 Å². The Labute approximate surface area is 152 Å². The van der Waals surface area contributed by atoms with Gasteiger partial charge in [0.25, 0.3) is 5.78 Å². The van der Waals surface area contributed by atoms with Gasteiger partial charge >= 0.3 is 6.18 Å². The van der Waals surface area contributed by atoms with Crippen molar-refractivity contribution in [2.75, 3.05) is 5.32 Å². The molecule has 3 aromatic rings. The highest BCUT2D eigenvalue weighted by Gasteiger charge is 2.37. The molecule has 11 heteroatoms. The minimum atomic E-state index is -4.57. The molecule has 3 rings (SSSR count). The molecule has 0 bridgehead atoms. The van der Waals surface area contributed by atoms with E-state index < -0.39 is 17.8 Å². The van der Waals surface area contributed by atoms with Gasteiger partial charge in [0, 0.05) is 30.4 Å². The summed E-state index contributed by atoms with van der Waals surface area (Å²) in [5.41, 5.74) is 1.28. The van der Waals surface area contributed by atoms with Gasteiger partial charge in [0.2, 0.25) is 5.91 Å². The van der Waals surface area contributed by atoms with Crippen LogP contribution in [0.25, 0.3) is 5.78 Å². The largest absolute Gasteiger partial charge is 0.435 e. The molecule has 1 amide bonds. The van der Waals surface area contributed by atoms with E-state index in [2.05, 4.69) is 25.5 Å². The maximum atomic E-state index is 12.9. The number of aryl methyl sites for hydroxylation is 3. The summed E-state index contributed by atoms with van der Waals surface area (Å²) in [4.78, 5) is 20.7. The number of rotatable bonds is 4. The number of fused-ring (bicyclic) bond motifs is 1. The Morgan fingerprint density at radius 3 is 2.59 bits per heavy atom. The Morgan fingerprint density at radius 2 is 1.96 bits per heavy atom. The van der Waals surface area contributed by atoms with Gasteiger partial charge in [-0.25, -0.2) is 9.50 Å². The number of amides is 1. The summed E-state index contributed by atoms with van der Waals surface area (Å²) in [5.74, 6) is 0.0984. The van der Waals surface area contributed by atoms with Crippen LogP contribution in [0.5, 0.6) is 0 Å². The van der Waals surface area contributed by atoms with Gasteiger partial charge in [-0.05, 0) is 32.8 Å². The first kappa shape index (κ1) is 18.8. The van der Waals surface area contributed by atoms with E-state index in [1.807, 2.05) is 13.8 Å². The molecule has 0 aliphatic rings. The number of hydrogen-bond acceptors (Lipinski definition) is 5. The van der Waals surface area contributed by atoms with Crippen molar-refractivity contribution in [3.8, 4) is 0 Å². The first-order valence-electron chi connectivity index (χ1n) is 8.16. The molecule has 0 saturated heterocycles. The second kappa shape index (κ2) is 6.63. The van der Waals surface area contributed by atoms with Gasteiger partial charge in [0.05, 0.1) is 0 Å². The van der Waals surface area contributed by atoms with Crippen molar-refractivity contribution in [1.82, 2.24) is 29.4 Å². The number of halogens is 3. The molecule has 0 fully saturated rings. The predicted octanol–water partition coefficient (Wildman–Crippen LogP) is 2.37. The number of nitrogens with one attached hydrogen (secondary N) is 1. The first-order chi connectivity index (χ1) is 12.6. The summed E-state index contributed by atoms with van der Waals surface area (Å²) in [6.45, 7) is 4.95. The zero-order valence-corrected chi connectivity index (χ0v) is 15.2. The number of carbonyl (C=O) groups is 1. The number of alkyl halides is 3. The van der Waals surface area contributed by atoms with Gasteiger partial charge in [-0.15, -0.1) is 0 Å². The lowest BCUT2D eigenvalue weighted by Crippen LogP contribution is -2.17. The van der Waals surface area contributed by atoms with Crippen LogP contribution in [0.1, 0.15) is 34.6 Å². The number of anilines is 1. The third kappa shape index (κ3) is 3.49. The van der Waals surface area contributed by atoms with Gasteiger partial charge in [-0.2, -0.15) is 28.4 Å². The quantitative estimate of drug-likeness (QED) is 0.749. The van der Waals surface area contributed by atoms with Gasteiger partial charge in [0.1, 0.15) is 12.1 Å². The maximum absolute atomic E-state index is 12.9. The van der Waals surface area contributed by atoms with Crippen molar-refractivity contribution < 1.29 is 18.0 Å².